The van der Waals surface area contributed by atoms with Gasteiger partial charge in [0.25, 0.3) is 0 Å². The average molecular weight is 299 g/mol. The largest absolute Gasteiger partial charge is 0.492 e. The molecule has 0 aromatic heterocycles. The Kier molecular flexibility index (Phi) is 2.83. The van der Waals surface area contributed by atoms with Gasteiger partial charge in [-0.25, -0.2) is 0 Å². The van der Waals surface area contributed by atoms with Crippen LogP contribution in [0.1, 0.15) is 44.4 Å². The normalized spacial score (nSPS) is 17.8. The number of hydrogen-bond acceptors (Lipinski definition) is 2. The SMILES string of the molecule is Cc1c(Br)cc2c(c1C(C)(C)O)OCC2(C)C. The second-order valence-corrected chi connectivity index (χ2v) is 6.82. The molecule has 1 aliphatic rings. The van der Waals surface area contributed by atoms with Crippen molar-refractivity contribution in [3.8, 4) is 5.75 Å². The number of fused-ring (bicyclic) bond motifs is 1. The van der Waals surface area contributed by atoms with E-state index in [-0.39, 0.29) is 5.41 Å². The maximum Gasteiger partial charge on any atom is 0.129 e. The average Bonchev–Trinajstić information content (AvgIpc) is 2.43. The Balaban J connectivity index is 2.77. The molecule has 94 valence electrons. The van der Waals surface area contributed by atoms with Crippen molar-refractivity contribution in [2.24, 2.45) is 0 Å². The second kappa shape index (κ2) is 3.72. The van der Waals surface area contributed by atoms with E-state index in [9.17, 15) is 5.11 Å². The first-order chi connectivity index (χ1) is 7.64. The van der Waals surface area contributed by atoms with Gasteiger partial charge in [-0.15, -0.1) is 0 Å². The third-order valence-electron chi connectivity index (χ3n) is 3.39. The molecule has 17 heavy (non-hydrogen) atoms. The molecule has 1 N–H and O–H groups in total. The van der Waals surface area contributed by atoms with Crippen molar-refractivity contribution in [1.29, 1.82) is 0 Å². The maximum atomic E-state index is 10.3. The molecule has 1 aromatic rings. The Morgan fingerprint density at radius 1 is 1.41 bits per heavy atom. The summed E-state index contributed by atoms with van der Waals surface area (Å²) in [7, 11) is 0. The summed E-state index contributed by atoms with van der Waals surface area (Å²) in [6.07, 6.45) is 0. The lowest BCUT2D eigenvalue weighted by Crippen LogP contribution is -2.19. The Morgan fingerprint density at radius 2 is 2.00 bits per heavy atom. The van der Waals surface area contributed by atoms with E-state index in [4.69, 9.17) is 4.74 Å². The summed E-state index contributed by atoms with van der Waals surface area (Å²) in [5, 5.41) is 10.3. The van der Waals surface area contributed by atoms with Gasteiger partial charge >= 0.3 is 0 Å². The highest BCUT2D eigenvalue weighted by atomic mass is 79.9. The Bertz CT molecular complexity index is 470. The van der Waals surface area contributed by atoms with Gasteiger partial charge in [-0.2, -0.15) is 0 Å². The van der Waals surface area contributed by atoms with Crippen molar-refractivity contribution < 1.29 is 9.84 Å². The van der Waals surface area contributed by atoms with Crippen molar-refractivity contribution in [1.82, 2.24) is 0 Å². The fourth-order valence-electron chi connectivity index (χ4n) is 2.44. The van der Waals surface area contributed by atoms with Gasteiger partial charge in [-0.3, -0.25) is 0 Å². The molecule has 0 atom stereocenters. The van der Waals surface area contributed by atoms with Crippen molar-refractivity contribution in [2.45, 2.75) is 45.6 Å². The zero-order valence-corrected chi connectivity index (χ0v) is 12.6. The summed E-state index contributed by atoms with van der Waals surface area (Å²) in [6, 6.07) is 2.12. The monoisotopic (exact) mass is 298 g/mol. The lowest BCUT2D eigenvalue weighted by Gasteiger charge is -2.25. The van der Waals surface area contributed by atoms with E-state index in [0.717, 1.165) is 21.3 Å². The Morgan fingerprint density at radius 3 is 2.53 bits per heavy atom. The first-order valence-electron chi connectivity index (χ1n) is 5.84. The van der Waals surface area contributed by atoms with Crippen LogP contribution < -0.4 is 4.74 Å². The molecule has 3 heteroatoms. The molecule has 0 fully saturated rings. The zero-order chi connectivity index (χ0) is 13.0. The minimum atomic E-state index is -0.891. The number of ether oxygens (including phenoxy) is 1. The minimum absolute atomic E-state index is 0.00551. The van der Waals surface area contributed by atoms with Crippen LogP contribution in [0.25, 0.3) is 0 Å². The lowest BCUT2D eigenvalue weighted by molar-refractivity contribution is 0.0745. The molecule has 2 rings (SSSR count). The van der Waals surface area contributed by atoms with Gasteiger partial charge < -0.3 is 9.84 Å². The molecule has 0 spiro atoms. The molecule has 2 nitrogen and oxygen atoms in total. The van der Waals surface area contributed by atoms with E-state index < -0.39 is 5.60 Å². The highest BCUT2D eigenvalue weighted by molar-refractivity contribution is 9.10. The van der Waals surface area contributed by atoms with Crippen LogP contribution in [0.3, 0.4) is 0 Å². The van der Waals surface area contributed by atoms with Gasteiger partial charge in [0.1, 0.15) is 5.75 Å². The zero-order valence-electron chi connectivity index (χ0n) is 11.0. The van der Waals surface area contributed by atoms with Crippen LogP contribution in [0, 0.1) is 6.92 Å². The van der Waals surface area contributed by atoms with Crippen molar-refractivity contribution in [3.63, 3.8) is 0 Å². The molecule has 0 radical (unpaired) electrons. The molecule has 0 aliphatic carbocycles. The summed E-state index contributed by atoms with van der Waals surface area (Å²) >= 11 is 3.58. The van der Waals surface area contributed by atoms with Crippen LogP contribution >= 0.6 is 15.9 Å². The summed E-state index contributed by atoms with van der Waals surface area (Å²) < 4.78 is 6.86. The number of hydrogen-bond donors (Lipinski definition) is 1. The highest BCUT2D eigenvalue weighted by Crippen LogP contribution is 2.47. The maximum absolute atomic E-state index is 10.3. The molecule has 1 heterocycles. The van der Waals surface area contributed by atoms with Crippen LogP contribution in [0.4, 0.5) is 0 Å². The van der Waals surface area contributed by atoms with Crippen LogP contribution in [-0.4, -0.2) is 11.7 Å². The van der Waals surface area contributed by atoms with Gasteiger partial charge in [-0.05, 0) is 32.4 Å². The number of benzene rings is 1. The summed E-state index contributed by atoms with van der Waals surface area (Å²) in [5.74, 6) is 0.864. The third-order valence-corrected chi connectivity index (χ3v) is 4.22. The molecular formula is C14H19BrO2. The molecule has 0 amide bonds. The predicted molar refractivity (Wildman–Crippen MR) is 72.6 cm³/mol. The van der Waals surface area contributed by atoms with E-state index in [0.29, 0.717) is 6.61 Å². The molecular weight excluding hydrogens is 280 g/mol. The molecule has 1 aromatic carbocycles. The standard InChI is InChI=1S/C14H19BrO2/c1-8-10(15)6-9-12(11(8)14(4,5)16)17-7-13(9,2)3/h6,16H,7H2,1-5H3. The summed E-state index contributed by atoms with van der Waals surface area (Å²) in [4.78, 5) is 0. The van der Waals surface area contributed by atoms with E-state index in [2.05, 4.69) is 35.8 Å². The number of halogens is 1. The third kappa shape index (κ3) is 2.00. The van der Waals surface area contributed by atoms with Crippen LogP contribution in [0.15, 0.2) is 10.5 Å². The molecule has 1 aliphatic heterocycles. The molecule has 0 bridgehead atoms. The first-order valence-corrected chi connectivity index (χ1v) is 6.63. The quantitative estimate of drug-likeness (QED) is 0.857. The van der Waals surface area contributed by atoms with Crippen LogP contribution in [-0.2, 0) is 11.0 Å². The topological polar surface area (TPSA) is 29.5 Å². The predicted octanol–water partition coefficient (Wildman–Crippen LogP) is 3.65. The number of rotatable bonds is 1. The highest BCUT2D eigenvalue weighted by Gasteiger charge is 2.38. The van der Waals surface area contributed by atoms with Crippen LogP contribution in [0.5, 0.6) is 5.75 Å². The van der Waals surface area contributed by atoms with E-state index in [1.54, 1.807) is 13.8 Å². The fraction of sp³-hybridized carbons (Fsp3) is 0.571. The van der Waals surface area contributed by atoms with Gasteiger partial charge in [-0.1, -0.05) is 29.8 Å². The number of aliphatic hydroxyl groups is 1. The van der Waals surface area contributed by atoms with Gasteiger partial charge in [0.15, 0.2) is 0 Å². The lowest BCUT2D eigenvalue weighted by atomic mass is 9.82. The Hall–Kier alpha value is -0.540. The molecule has 0 saturated carbocycles. The summed E-state index contributed by atoms with van der Waals surface area (Å²) in [6.45, 7) is 10.6. The van der Waals surface area contributed by atoms with Crippen molar-refractivity contribution in [2.75, 3.05) is 6.61 Å². The van der Waals surface area contributed by atoms with Crippen molar-refractivity contribution in [3.05, 3.63) is 27.2 Å². The van der Waals surface area contributed by atoms with Crippen molar-refractivity contribution >= 4 is 15.9 Å². The van der Waals surface area contributed by atoms with Gasteiger partial charge in [0, 0.05) is 21.0 Å². The smallest absolute Gasteiger partial charge is 0.129 e. The minimum Gasteiger partial charge on any atom is -0.492 e. The fourth-order valence-corrected chi connectivity index (χ4v) is 2.87. The van der Waals surface area contributed by atoms with Gasteiger partial charge in [0.05, 0.1) is 12.2 Å². The Labute approximate surface area is 111 Å². The molecule has 0 saturated heterocycles. The van der Waals surface area contributed by atoms with E-state index in [1.165, 1.54) is 5.56 Å². The van der Waals surface area contributed by atoms with Crippen LogP contribution in [0.2, 0.25) is 0 Å². The molecule has 0 unspecified atom stereocenters. The van der Waals surface area contributed by atoms with Gasteiger partial charge in [0.2, 0.25) is 0 Å². The summed E-state index contributed by atoms with van der Waals surface area (Å²) in [5.41, 5.74) is 2.23. The van der Waals surface area contributed by atoms with E-state index >= 15 is 0 Å². The first kappa shape index (κ1) is 12.9. The second-order valence-electron chi connectivity index (χ2n) is 5.97. The van der Waals surface area contributed by atoms with E-state index in [1.807, 2.05) is 6.92 Å².